The zero-order chi connectivity index (χ0) is 12.3. The van der Waals surface area contributed by atoms with Crippen LogP contribution >= 0.6 is 11.6 Å². The van der Waals surface area contributed by atoms with Crippen molar-refractivity contribution in [3.8, 4) is 0 Å². The molecule has 88 valence electrons. The Kier molecular flexibility index (Phi) is 3.80. The third-order valence-corrected chi connectivity index (χ3v) is 2.20. The lowest BCUT2D eigenvalue weighted by molar-refractivity contribution is -0.137. The summed E-state index contributed by atoms with van der Waals surface area (Å²) < 4.78 is 41.7. The number of carbonyl (C=O) groups excluding carboxylic acids is 1. The Morgan fingerprint density at radius 2 is 2.00 bits per heavy atom. The highest BCUT2D eigenvalue weighted by molar-refractivity contribution is 6.17. The number of methoxy groups -OCH3 is 1. The summed E-state index contributed by atoms with van der Waals surface area (Å²) in [7, 11) is 1.10. The summed E-state index contributed by atoms with van der Waals surface area (Å²) in [5.41, 5.74) is -0.851. The third-order valence-electron chi connectivity index (χ3n) is 1.90. The zero-order valence-corrected chi connectivity index (χ0v) is 9.02. The first-order chi connectivity index (χ1) is 7.38. The van der Waals surface area contributed by atoms with Gasteiger partial charge in [0, 0.05) is 5.88 Å². The van der Waals surface area contributed by atoms with E-state index in [9.17, 15) is 18.0 Å². The fourth-order valence-electron chi connectivity index (χ4n) is 1.17. The minimum Gasteiger partial charge on any atom is -0.465 e. The van der Waals surface area contributed by atoms with E-state index in [0.29, 0.717) is 0 Å². The predicted octanol–water partition coefficient (Wildman–Crippen LogP) is 3.23. The highest BCUT2D eigenvalue weighted by Gasteiger charge is 2.31. The van der Waals surface area contributed by atoms with E-state index in [1.165, 1.54) is 6.07 Å². The Morgan fingerprint density at radius 3 is 2.44 bits per heavy atom. The quantitative estimate of drug-likeness (QED) is 0.597. The van der Waals surface area contributed by atoms with Gasteiger partial charge in [-0.3, -0.25) is 0 Å². The molecule has 16 heavy (non-hydrogen) atoms. The number of halogens is 4. The third kappa shape index (κ3) is 2.88. The summed E-state index contributed by atoms with van der Waals surface area (Å²) in [6, 6.07) is 2.91. The molecule has 0 saturated heterocycles. The van der Waals surface area contributed by atoms with Gasteiger partial charge in [-0.1, -0.05) is 0 Å². The molecule has 0 amide bonds. The van der Waals surface area contributed by atoms with E-state index in [4.69, 9.17) is 11.6 Å². The van der Waals surface area contributed by atoms with Crippen molar-refractivity contribution < 1.29 is 22.7 Å². The van der Waals surface area contributed by atoms with Gasteiger partial charge >= 0.3 is 12.1 Å². The molecule has 0 aromatic heterocycles. The smallest absolute Gasteiger partial charge is 0.416 e. The van der Waals surface area contributed by atoms with Crippen molar-refractivity contribution in [2.75, 3.05) is 7.11 Å². The predicted molar refractivity (Wildman–Crippen MR) is 52.3 cm³/mol. The number of ether oxygens (including phenoxy) is 1. The van der Waals surface area contributed by atoms with Crippen LogP contribution in [0.1, 0.15) is 21.5 Å². The van der Waals surface area contributed by atoms with Crippen LogP contribution in [-0.2, 0) is 16.8 Å². The molecule has 1 rings (SSSR count). The van der Waals surface area contributed by atoms with Crippen LogP contribution in [0.4, 0.5) is 13.2 Å². The van der Waals surface area contributed by atoms with Gasteiger partial charge < -0.3 is 4.74 Å². The molecule has 6 heteroatoms. The molecule has 2 nitrogen and oxygen atoms in total. The SMILES string of the molecule is COC(=O)c1cc(CCl)cc(C(F)(F)F)c1. The maximum absolute atomic E-state index is 12.5. The number of rotatable bonds is 2. The van der Waals surface area contributed by atoms with Gasteiger partial charge in [0.1, 0.15) is 0 Å². The van der Waals surface area contributed by atoms with Gasteiger partial charge in [0.05, 0.1) is 18.2 Å². The average molecular weight is 253 g/mol. The molecule has 0 aliphatic rings. The number of carbonyl (C=O) groups is 1. The standard InChI is InChI=1S/C10H8ClF3O2/c1-16-9(15)7-2-6(5-11)3-8(4-7)10(12,13)14/h2-4H,5H2,1H3. The van der Waals surface area contributed by atoms with E-state index < -0.39 is 17.7 Å². The second-order valence-corrected chi connectivity index (χ2v) is 3.31. The van der Waals surface area contributed by atoms with Crippen molar-refractivity contribution in [1.29, 1.82) is 0 Å². The van der Waals surface area contributed by atoms with Crippen molar-refractivity contribution in [1.82, 2.24) is 0 Å². The highest BCUT2D eigenvalue weighted by Crippen LogP contribution is 2.31. The summed E-state index contributed by atoms with van der Waals surface area (Å²) in [6.45, 7) is 0. The van der Waals surface area contributed by atoms with Crippen LogP contribution in [0.25, 0.3) is 0 Å². The number of hydrogen-bond acceptors (Lipinski definition) is 2. The van der Waals surface area contributed by atoms with Gasteiger partial charge in [-0.05, 0) is 23.8 Å². The van der Waals surface area contributed by atoms with Crippen molar-refractivity contribution in [3.05, 3.63) is 34.9 Å². The number of hydrogen-bond donors (Lipinski definition) is 0. The van der Waals surface area contributed by atoms with E-state index in [1.54, 1.807) is 0 Å². The lowest BCUT2D eigenvalue weighted by atomic mass is 10.1. The van der Waals surface area contributed by atoms with Gasteiger partial charge in [0.2, 0.25) is 0 Å². The molecule has 0 radical (unpaired) electrons. The summed E-state index contributed by atoms with van der Waals surface area (Å²) in [5.74, 6) is -0.925. The second-order valence-electron chi connectivity index (χ2n) is 3.04. The van der Waals surface area contributed by atoms with Gasteiger partial charge in [-0.2, -0.15) is 13.2 Å². The Morgan fingerprint density at radius 1 is 1.38 bits per heavy atom. The first kappa shape index (κ1) is 12.8. The molecule has 0 saturated carbocycles. The van der Waals surface area contributed by atoms with Gasteiger partial charge in [-0.15, -0.1) is 11.6 Å². The Bertz CT molecular complexity index is 402. The van der Waals surface area contributed by atoms with Crippen molar-refractivity contribution in [2.24, 2.45) is 0 Å². The van der Waals surface area contributed by atoms with Crippen LogP contribution < -0.4 is 0 Å². The lowest BCUT2D eigenvalue weighted by Gasteiger charge is -2.10. The molecule has 0 bridgehead atoms. The van der Waals surface area contributed by atoms with E-state index in [1.807, 2.05) is 0 Å². The first-order valence-electron chi connectivity index (χ1n) is 4.24. The van der Waals surface area contributed by atoms with E-state index in [0.717, 1.165) is 19.2 Å². The van der Waals surface area contributed by atoms with Crippen LogP contribution in [0.15, 0.2) is 18.2 Å². The summed E-state index contributed by atoms with van der Waals surface area (Å²) in [5, 5.41) is 0. The Labute approximate surface area is 95.0 Å². The minimum atomic E-state index is -4.51. The topological polar surface area (TPSA) is 26.3 Å². The monoisotopic (exact) mass is 252 g/mol. The van der Waals surface area contributed by atoms with Crippen molar-refractivity contribution in [3.63, 3.8) is 0 Å². The average Bonchev–Trinajstić information content (AvgIpc) is 2.26. The van der Waals surface area contributed by atoms with Gasteiger partial charge in [-0.25, -0.2) is 4.79 Å². The molecule has 0 spiro atoms. The highest BCUT2D eigenvalue weighted by atomic mass is 35.5. The lowest BCUT2D eigenvalue weighted by Crippen LogP contribution is -2.09. The molecule has 0 atom stereocenters. The van der Waals surface area contributed by atoms with Crippen LogP contribution in [0, 0.1) is 0 Å². The first-order valence-corrected chi connectivity index (χ1v) is 4.77. The maximum atomic E-state index is 12.5. The van der Waals surface area contributed by atoms with E-state index >= 15 is 0 Å². The molecule has 1 aromatic rings. The minimum absolute atomic E-state index is 0.103. The molecule has 0 unspecified atom stereocenters. The molecule has 0 fully saturated rings. The Hall–Kier alpha value is -1.23. The normalized spacial score (nSPS) is 11.3. The summed E-state index contributed by atoms with van der Waals surface area (Å²) in [4.78, 5) is 11.1. The van der Waals surface area contributed by atoms with Crippen molar-refractivity contribution >= 4 is 17.6 Å². The van der Waals surface area contributed by atoms with Crippen molar-refractivity contribution in [2.45, 2.75) is 12.1 Å². The van der Waals surface area contributed by atoms with Crippen LogP contribution in [0.5, 0.6) is 0 Å². The van der Waals surface area contributed by atoms with Gasteiger partial charge in [0.15, 0.2) is 0 Å². The fourth-order valence-corrected chi connectivity index (χ4v) is 1.32. The number of esters is 1. The van der Waals surface area contributed by atoms with Gasteiger partial charge in [0.25, 0.3) is 0 Å². The molecule has 0 heterocycles. The maximum Gasteiger partial charge on any atom is 0.416 e. The molecular weight excluding hydrogens is 245 g/mol. The molecule has 1 aromatic carbocycles. The second kappa shape index (κ2) is 4.74. The largest absolute Gasteiger partial charge is 0.465 e. The molecule has 0 aliphatic heterocycles. The van der Waals surface area contributed by atoms with E-state index in [2.05, 4.69) is 4.74 Å². The van der Waals surface area contributed by atoms with Crippen LogP contribution in [0.3, 0.4) is 0 Å². The fraction of sp³-hybridized carbons (Fsp3) is 0.300. The Balaban J connectivity index is 3.27. The summed E-state index contributed by atoms with van der Waals surface area (Å²) >= 11 is 5.45. The number of benzene rings is 1. The number of alkyl halides is 4. The zero-order valence-electron chi connectivity index (χ0n) is 8.27. The molecule has 0 aliphatic carbocycles. The summed E-state index contributed by atoms with van der Waals surface area (Å²) in [6.07, 6.45) is -4.51. The van der Waals surface area contributed by atoms with Crippen LogP contribution in [-0.4, -0.2) is 13.1 Å². The molecular formula is C10H8ClF3O2. The van der Waals surface area contributed by atoms with E-state index in [-0.39, 0.29) is 17.0 Å². The molecule has 0 N–H and O–H groups in total. The van der Waals surface area contributed by atoms with Crippen LogP contribution in [0.2, 0.25) is 0 Å².